The number of hydrogen-bond donors (Lipinski definition) is 2. The van der Waals surface area contributed by atoms with Gasteiger partial charge in [-0.3, -0.25) is 4.79 Å². The highest BCUT2D eigenvalue weighted by molar-refractivity contribution is 6.60. The first-order valence-corrected chi connectivity index (χ1v) is 10.8. The van der Waals surface area contributed by atoms with Gasteiger partial charge < -0.3 is 23.7 Å². The molecule has 0 aromatic carbocycles. The summed E-state index contributed by atoms with van der Waals surface area (Å²) in [6.07, 6.45) is 4.18. The van der Waals surface area contributed by atoms with E-state index in [0.29, 0.717) is 25.4 Å². The second kappa shape index (κ2) is 12.0. The molecule has 144 valence electrons. The highest BCUT2D eigenvalue weighted by Crippen LogP contribution is 2.27. The number of hydrogen-bond acceptors (Lipinski definition) is 5. The number of carbonyl (C=O) groups excluding carboxylic acids is 1. The molecule has 0 aromatic rings. The maximum absolute atomic E-state index is 12.0. The van der Waals surface area contributed by atoms with E-state index in [1.807, 2.05) is 0 Å². The fraction of sp³-hybridized carbons (Fsp3) is 0.941. The van der Waals surface area contributed by atoms with Crippen LogP contribution in [0.2, 0.25) is 6.04 Å². The van der Waals surface area contributed by atoms with Crippen molar-refractivity contribution in [2.24, 2.45) is 5.41 Å². The standard InChI is InChI=1S/C17H37NO5Si/c1-7-8-9-15(19)10-11-16(20)18-14-17(2,3)12-13-24(21-4,22-5)23-6/h15,19H,7-14H2,1-6H3,(H,18,20). The normalized spacial score (nSPS) is 13.8. The van der Waals surface area contributed by atoms with Gasteiger partial charge in [-0.1, -0.05) is 33.6 Å². The lowest BCUT2D eigenvalue weighted by molar-refractivity contribution is -0.122. The highest BCUT2D eigenvalue weighted by Gasteiger charge is 2.39. The Kier molecular flexibility index (Phi) is 11.7. The summed E-state index contributed by atoms with van der Waals surface area (Å²) < 4.78 is 16.3. The second-order valence-electron chi connectivity index (χ2n) is 7.07. The van der Waals surface area contributed by atoms with Crippen LogP contribution in [0.15, 0.2) is 0 Å². The average Bonchev–Trinajstić information content (AvgIpc) is 2.58. The summed E-state index contributed by atoms with van der Waals surface area (Å²) >= 11 is 0. The van der Waals surface area contributed by atoms with Gasteiger partial charge >= 0.3 is 8.80 Å². The zero-order chi connectivity index (χ0) is 18.6. The molecule has 0 heterocycles. The summed E-state index contributed by atoms with van der Waals surface area (Å²) in [6.45, 7) is 6.88. The molecule has 0 aromatic heterocycles. The van der Waals surface area contributed by atoms with E-state index >= 15 is 0 Å². The Morgan fingerprint density at radius 3 is 2.25 bits per heavy atom. The van der Waals surface area contributed by atoms with Gasteiger partial charge in [-0.25, -0.2) is 0 Å². The van der Waals surface area contributed by atoms with Gasteiger partial charge in [0, 0.05) is 40.3 Å². The van der Waals surface area contributed by atoms with Crippen molar-refractivity contribution in [1.29, 1.82) is 0 Å². The van der Waals surface area contributed by atoms with Crippen molar-refractivity contribution in [3.8, 4) is 0 Å². The number of rotatable bonds is 14. The largest absolute Gasteiger partial charge is 0.500 e. The van der Waals surface area contributed by atoms with Crippen LogP contribution in [0.4, 0.5) is 0 Å². The smallest absolute Gasteiger partial charge is 0.393 e. The van der Waals surface area contributed by atoms with Crippen LogP contribution in [0.25, 0.3) is 0 Å². The van der Waals surface area contributed by atoms with Crippen molar-refractivity contribution in [3.05, 3.63) is 0 Å². The maximum Gasteiger partial charge on any atom is 0.500 e. The van der Waals surface area contributed by atoms with E-state index in [2.05, 4.69) is 26.1 Å². The third-order valence-electron chi connectivity index (χ3n) is 4.40. The lowest BCUT2D eigenvalue weighted by Crippen LogP contribution is -2.44. The molecule has 0 aliphatic carbocycles. The van der Waals surface area contributed by atoms with Gasteiger partial charge in [-0.2, -0.15) is 0 Å². The van der Waals surface area contributed by atoms with E-state index in [1.165, 1.54) is 0 Å². The van der Waals surface area contributed by atoms with Crippen LogP contribution in [-0.4, -0.2) is 53.8 Å². The van der Waals surface area contributed by atoms with Crippen LogP contribution >= 0.6 is 0 Å². The molecule has 1 unspecified atom stereocenters. The zero-order valence-corrected chi connectivity index (χ0v) is 17.3. The zero-order valence-electron chi connectivity index (χ0n) is 16.3. The van der Waals surface area contributed by atoms with E-state index in [0.717, 1.165) is 25.7 Å². The molecule has 2 N–H and O–H groups in total. The van der Waals surface area contributed by atoms with Gasteiger partial charge in [0.05, 0.1) is 6.10 Å². The molecule has 0 aliphatic heterocycles. The summed E-state index contributed by atoms with van der Waals surface area (Å²) in [7, 11) is 2.25. The van der Waals surface area contributed by atoms with Gasteiger partial charge in [0.25, 0.3) is 0 Å². The van der Waals surface area contributed by atoms with Gasteiger partial charge in [-0.15, -0.1) is 0 Å². The Hall–Kier alpha value is -0.473. The minimum Gasteiger partial charge on any atom is -0.393 e. The summed E-state index contributed by atoms with van der Waals surface area (Å²) in [5.41, 5.74) is -0.0790. The van der Waals surface area contributed by atoms with E-state index < -0.39 is 8.80 Å². The van der Waals surface area contributed by atoms with Crippen molar-refractivity contribution in [2.45, 2.75) is 71.4 Å². The summed E-state index contributed by atoms with van der Waals surface area (Å²) in [4.78, 5) is 12.0. The van der Waals surface area contributed by atoms with Crippen molar-refractivity contribution >= 4 is 14.7 Å². The van der Waals surface area contributed by atoms with Gasteiger partial charge in [0.15, 0.2) is 0 Å². The number of nitrogens with one attached hydrogen (secondary N) is 1. The van der Waals surface area contributed by atoms with E-state index in [1.54, 1.807) is 21.3 Å². The summed E-state index contributed by atoms with van der Waals surface area (Å²) in [6, 6.07) is 0.703. The highest BCUT2D eigenvalue weighted by atomic mass is 28.4. The second-order valence-corrected chi connectivity index (χ2v) is 10.2. The third-order valence-corrected chi connectivity index (χ3v) is 7.13. The van der Waals surface area contributed by atoms with Crippen LogP contribution in [0.5, 0.6) is 0 Å². The quantitative estimate of drug-likeness (QED) is 0.464. The number of unbranched alkanes of at least 4 members (excludes halogenated alkanes) is 1. The van der Waals surface area contributed by atoms with Crippen LogP contribution in [0, 0.1) is 5.41 Å². The number of amides is 1. The molecule has 0 radical (unpaired) electrons. The fourth-order valence-electron chi connectivity index (χ4n) is 2.44. The Labute approximate surface area is 148 Å². The van der Waals surface area contributed by atoms with E-state index in [9.17, 15) is 9.90 Å². The molecule has 0 saturated carbocycles. The number of carbonyl (C=O) groups is 1. The monoisotopic (exact) mass is 363 g/mol. The molecule has 1 amide bonds. The molecule has 0 saturated heterocycles. The predicted molar refractivity (Wildman–Crippen MR) is 97.8 cm³/mol. The van der Waals surface area contributed by atoms with Crippen molar-refractivity contribution in [3.63, 3.8) is 0 Å². The van der Waals surface area contributed by atoms with Crippen LogP contribution in [-0.2, 0) is 18.1 Å². The lowest BCUT2D eigenvalue weighted by Gasteiger charge is -2.30. The Morgan fingerprint density at radius 1 is 1.17 bits per heavy atom. The van der Waals surface area contributed by atoms with Crippen molar-refractivity contribution in [2.75, 3.05) is 27.9 Å². The predicted octanol–water partition coefficient (Wildman–Crippen LogP) is 2.73. The first-order chi connectivity index (χ1) is 11.2. The molecule has 7 heteroatoms. The Bertz CT molecular complexity index is 340. The van der Waals surface area contributed by atoms with E-state index in [4.69, 9.17) is 13.3 Å². The van der Waals surface area contributed by atoms with Crippen LogP contribution in [0.1, 0.15) is 59.3 Å². The van der Waals surface area contributed by atoms with Crippen LogP contribution in [0.3, 0.4) is 0 Å². The minimum absolute atomic E-state index is 0.00708. The van der Waals surface area contributed by atoms with Gasteiger partial charge in [-0.05, 0) is 24.7 Å². The number of aliphatic hydroxyl groups is 1. The molecule has 0 fully saturated rings. The Balaban J connectivity index is 4.16. The molecule has 0 rings (SSSR count). The molecule has 24 heavy (non-hydrogen) atoms. The molecule has 1 atom stereocenters. The van der Waals surface area contributed by atoms with Gasteiger partial charge in [0.1, 0.15) is 0 Å². The first-order valence-electron chi connectivity index (χ1n) is 8.84. The summed E-state index contributed by atoms with van der Waals surface area (Å²) in [5.74, 6) is -0.00708. The first kappa shape index (κ1) is 23.5. The SMILES string of the molecule is CCCCC(O)CCC(=O)NCC(C)(C)CC[Si](OC)(OC)OC. The molecule has 6 nitrogen and oxygen atoms in total. The minimum atomic E-state index is -2.57. The Morgan fingerprint density at radius 2 is 1.75 bits per heavy atom. The summed E-state index contributed by atoms with van der Waals surface area (Å²) in [5, 5.41) is 12.8. The maximum atomic E-state index is 12.0. The van der Waals surface area contributed by atoms with E-state index in [-0.39, 0.29) is 17.4 Å². The van der Waals surface area contributed by atoms with Crippen molar-refractivity contribution in [1.82, 2.24) is 5.32 Å². The molecule has 0 spiro atoms. The average molecular weight is 364 g/mol. The topological polar surface area (TPSA) is 77.0 Å². The third kappa shape index (κ3) is 9.73. The number of aliphatic hydroxyl groups excluding tert-OH is 1. The molecule has 0 aliphatic rings. The van der Waals surface area contributed by atoms with Gasteiger partial charge in [0.2, 0.25) is 5.91 Å². The molecular weight excluding hydrogens is 326 g/mol. The van der Waals surface area contributed by atoms with Crippen LogP contribution < -0.4 is 5.32 Å². The lowest BCUT2D eigenvalue weighted by atomic mass is 9.90. The van der Waals surface area contributed by atoms with Crippen molar-refractivity contribution < 1.29 is 23.2 Å². The fourth-order valence-corrected chi connectivity index (χ4v) is 4.54. The molecule has 0 bridgehead atoms. The molecular formula is C17H37NO5Si.